The maximum Gasteiger partial charge on any atom is 0.335 e. The van der Waals surface area contributed by atoms with Crippen LogP contribution in [0, 0.1) is 0 Å². The predicted molar refractivity (Wildman–Crippen MR) is 80.5 cm³/mol. The number of aromatic carboxylic acids is 1. The third-order valence-corrected chi connectivity index (χ3v) is 5.74. The van der Waals surface area contributed by atoms with Gasteiger partial charge in [-0.1, -0.05) is 6.92 Å². The summed E-state index contributed by atoms with van der Waals surface area (Å²) in [5, 5.41) is 10.1. The molecule has 6 nitrogen and oxygen atoms in total. The first-order valence-electron chi connectivity index (χ1n) is 6.71. The number of aryl methyl sites for hydroxylation is 2. The summed E-state index contributed by atoms with van der Waals surface area (Å²) >= 11 is 0. The molecule has 7 heteroatoms. The molecule has 21 heavy (non-hydrogen) atoms. The molecule has 1 aromatic heterocycles. The van der Waals surface area contributed by atoms with Gasteiger partial charge in [0.05, 0.1) is 22.5 Å². The molecular formula is C14H16N2O4S. The van der Waals surface area contributed by atoms with Gasteiger partial charge >= 0.3 is 5.97 Å². The van der Waals surface area contributed by atoms with Gasteiger partial charge in [0.15, 0.2) is 0 Å². The quantitative estimate of drug-likeness (QED) is 0.915. The van der Waals surface area contributed by atoms with Crippen LogP contribution in [0.25, 0.3) is 10.9 Å². The lowest BCUT2D eigenvalue weighted by Gasteiger charge is -2.18. The number of rotatable bonds is 2. The van der Waals surface area contributed by atoms with Gasteiger partial charge in [0.25, 0.3) is 0 Å². The highest BCUT2D eigenvalue weighted by Crippen LogP contribution is 2.35. The van der Waals surface area contributed by atoms with Gasteiger partial charge in [-0.2, -0.15) is 0 Å². The van der Waals surface area contributed by atoms with Crippen LogP contribution in [0.1, 0.15) is 22.8 Å². The van der Waals surface area contributed by atoms with Crippen molar-refractivity contribution in [1.29, 1.82) is 0 Å². The lowest BCUT2D eigenvalue weighted by molar-refractivity contribution is 0.0697. The monoisotopic (exact) mass is 308 g/mol. The Hall–Kier alpha value is -2.02. The number of sulfonamides is 1. The lowest BCUT2D eigenvalue weighted by Crippen LogP contribution is -2.28. The van der Waals surface area contributed by atoms with E-state index in [0.29, 0.717) is 12.2 Å². The van der Waals surface area contributed by atoms with E-state index in [4.69, 9.17) is 0 Å². The van der Waals surface area contributed by atoms with Gasteiger partial charge in [0.1, 0.15) is 0 Å². The third-order valence-electron chi connectivity index (χ3n) is 4.01. The number of carboxylic acid groups (broad SMARTS) is 1. The zero-order chi connectivity index (χ0) is 15.4. The average molecular weight is 308 g/mol. The van der Waals surface area contributed by atoms with Crippen LogP contribution >= 0.6 is 0 Å². The van der Waals surface area contributed by atoms with Crippen LogP contribution in [0.5, 0.6) is 0 Å². The Bertz CT molecular complexity index is 851. The number of anilines is 1. The molecule has 0 amide bonds. The number of carbonyl (C=O) groups is 1. The van der Waals surface area contributed by atoms with Crippen LogP contribution in [0.15, 0.2) is 18.3 Å². The van der Waals surface area contributed by atoms with Crippen LogP contribution in [-0.4, -0.2) is 36.9 Å². The van der Waals surface area contributed by atoms with Gasteiger partial charge in [0, 0.05) is 25.2 Å². The molecule has 2 aromatic rings. The van der Waals surface area contributed by atoms with E-state index in [-0.39, 0.29) is 11.3 Å². The van der Waals surface area contributed by atoms with Gasteiger partial charge in [-0.15, -0.1) is 0 Å². The van der Waals surface area contributed by atoms with E-state index in [2.05, 4.69) is 0 Å². The highest BCUT2D eigenvalue weighted by atomic mass is 32.2. The molecule has 0 atom stereocenters. The highest BCUT2D eigenvalue weighted by molar-refractivity contribution is 7.92. The van der Waals surface area contributed by atoms with Crippen LogP contribution in [0.3, 0.4) is 0 Å². The zero-order valence-corrected chi connectivity index (χ0v) is 12.6. The maximum absolute atomic E-state index is 12.2. The summed E-state index contributed by atoms with van der Waals surface area (Å²) in [6.45, 7) is 2.38. The summed E-state index contributed by atoms with van der Waals surface area (Å²) in [5.74, 6) is -1.05. The van der Waals surface area contributed by atoms with Crippen molar-refractivity contribution < 1.29 is 18.3 Å². The minimum absolute atomic E-state index is 0.00746. The molecule has 0 aliphatic carbocycles. The second-order valence-electron chi connectivity index (χ2n) is 5.18. The van der Waals surface area contributed by atoms with Gasteiger partial charge in [0.2, 0.25) is 10.0 Å². The van der Waals surface area contributed by atoms with Gasteiger partial charge in [-0.25, -0.2) is 13.2 Å². The molecular weight excluding hydrogens is 292 g/mol. The first-order valence-corrected chi connectivity index (χ1v) is 8.31. The number of benzene rings is 1. The fourth-order valence-corrected chi connectivity index (χ4v) is 3.95. The maximum atomic E-state index is 12.2. The Morgan fingerprint density at radius 3 is 2.71 bits per heavy atom. The summed E-state index contributed by atoms with van der Waals surface area (Å²) in [4.78, 5) is 11.3. The van der Waals surface area contributed by atoms with Crippen molar-refractivity contribution in [3.63, 3.8) is 0 Å². The fraction of sp³-hybridized carbons (Fsp3) is 0.357. The van der Waals surface area contributed by atoms with E-state index in [9.17, 15) is 18.3 Å². The van der Waals surface area contributed by atoms with Crippen molar-refractivity contribution in [2.24, 2.45) is 0 Å². The minimum Gasteiger partial charge on any atom is -0.478 e. The fourth-order valence-electron chi connectivity index (χ4n) is 2.81. The Morgan fingerprint density at radius 2 is 2.10 bits per heavy atom. The summed E-state index contributed by atoms with van der Waals surface area (Å²) in [5.41, 5.74) is 2.36. The molecule has 1 N–H and O–H groups in total. The van der Waals surface area contributed by atoms with Crippen LogP contribution in [0.4, 0.5) is 5.69 Å². The third kappa shape index (κ3) is 1.99. The molecule has 0 saturated heterocycles. The highest BCUT2D eigenvalue weighted by Gasteiger charge is 2.27. The van der Waals surface area contributed by atoms with Crippen molar-refractivity contribution in [3.05, 3.63) is 29.5 Å². The van der Waals surface area contributed by atoms with Crippen molar-refractivity contribution in [1.82, 2.24) is 4.57 Å². The molecule has 1 aliphatic heterocycles. The molecule has 0 fully saturated rings. The normalized spacial score (nSPS) is 17.0. The molecule has 0 bridgehead atoms. The van der Waals surface area contributed by atoms with Gasteiger partial charge in [-0.05, 0) is 24.1 Å². The summed E-state index contributed by atoms with van der Waals surface area (Å²) in [6.07, 6.45) is 2.69. The summed E-state index contributed by atoms with van der Waals surface area (Å²) in [7, 11) is -1.95. The molecule has 0 saturated carbocycles. The Morgan fingerprint density at radius 1 is 1.38 bits per heavy atom. The van der Waals surface area contributed by atoms with Crippen molar-refractivity contribution >= 4 is 32.6 Å². The van der Waals surface area contributed by atoms with Crippen molar-refractivity contribution in [2.75, 3.05) is 17.1 Å². The van der Waals surface area contributed by atoms with E-state index in [1.54, 1.807) is 6.07 Å². The number of nitrogens with zero attached hydrogens (tertiary/aromatic N) is 2. The Balaban J connectivity index is 2.44. The van der Waals surface area contributed by atoms with E-state index in [1.165, 1.54) is 17.4 Å². The smallest absolute Gasteiger partial charge is 0.335 e. The molecule has 112 valence electrons. The van der Waals surface area contributed by atoms with Gasteiger partial charge < -0.3 is 9.67 Å². The zero-order valence-electron chi connectivity index (χ0n) is 11.8. The van der Waals surface area contributed by atoms with Crippen molar-refractivity contribution in [3.8, 4) is 0 Å². The standard InChI is InChI=1S/C14H16N2O4S/c1-3-9-8-16-4-5-21(19,20)15(2)12-7-10(14(17)18)6-11(9)13(12)16/h6-8H,3-5H2,1-2H3,(H,17,18). The minimum atomic E-state index is -3.42. The molecule has 0 unspecified atom stereocenters. The number of hydrogen-bond donors (Lipinski definition) is 1. The Kier molecular flexibility index (Phi) is 2.98. The van der Waals surface area contributed by atoms with Crippen LogP contribution < -0.4 is 4.31 Å². The topological polar surface area (TPSA) is 79.6 Å². The molecule has 1 aliphatic rings. The number of aromatic nitrogens is 1. The Labute approximate surface area is 122 Å². The van der Waals surface area contributed by atoms with Crippen LogP contribution in [-0.2, 0) is 23.0 Å². The molecule has 1 aromatic carbocycles. The largest absolute Gasteiger partial charge is 0.478 e. The van der Waals surface area contributed by atoms with E-state index >= 15 is 0 Å². The molecule has 3 rings (SSSR count). The second-order valence-corrected chi connectivity index (χ2v) is 7.30. The molecule has 0 radical (unpaired) electrons. The van der Waals surface area contributed by atoms with Gasteiger partial charge in [-0.3, -0.25) is 4.31 Å². The lowest BCUT2D eigenvalue weighted by atomic mass is 10.1. The number of hydrogen-bond acceptors (Lipinski definition) is 3. The molecule has 2 heterocycles. The van der Waals surface area contributed by atoms with E-state index in [0.717, 1.165) is 22.9 Å². The first-order chi connectivity index (χ1) is 9.85. The van der Waals surface area contributed by atoms with Crippen LogP contribution in [0.2, 0.25) is 0 Å². The summed E-state index contributed by atoms with van der Waals surface area (Å²) in [6, 6.07) is 3.06. The second kappa shape index (κ2) is 4.49. The SMILES string of the molecule is CCc1cn2c3c(cc(C(=O)O)cc13)N(C)S(=O)(=O)CC2. The van der Waals surface area contributed by atoms with E-state index in [1.807, 2.05) is 17.7 Å². The molecule has 0 spiro atoms. The van der Waals surface area contributed by atoms with E-state index < -0.39 is 16.0 Å². The predicted octanol–water partition coefficient (Wildman–Crippen LogP) is 1.68. The average Bonchev–Trinajstić information content (AvgIpc) is 2.77. The van der Waals surface area contributed by atoms with Crippen molar-refractivity contribution in [2.45, 2.75) is 19.9 Å². The summed E-state index contributed by atoms with van der Waals surface area (Å²) < 4.78 is 27.5. The number of carboxylic acids is 1. The first kappa shape index (κ1) is 13.9.